The van der Waals surface area contributed by atoms with Crippen molar-refractivity contribution in [1.29, 1.82) is 0 Å². The van der Waals surface area contributed by atoms with E-state index in [1.54, 1.807) is 4.68 Å². The fraction of sp³-hybridized carbons (Fsp3) is 0.583. The van der Waals surface area contributed by atoms with Crippen molar-refractivity contribution in [3.05, 3.63) is 17.7 Å². The zero-order chi connectivity index (χ0) is 13.8. The average Bonchev–Trinajstić information content (AvgIpc) is 3.01. The lowest BCUT2D eigenvalue weighted by molar-refractivity contribution is 0.130. The van der Waals surface area contributed by atoms with Gasteiger partial charge in [0.05, 0.1) is 23.9 Å². The summed E-state index contributed by atoms with van der Waals surface area (Å²) in [4.78, 5) is 4.32. The molecule has 0 aliphatic rings. The largest absolute Gasteiger partial charge is 0.380 e. The van der Waals surface area contributed by atoms with E-state index in [4.69, 9.17) is 15.0 Å². The van der Waals surface area contributed by atoms with Crippen LogP contribution in [0.3, 0.4) is 0 Å². The first-order chi connectivity index (χ1) is 9.15. The Morgan fingerprint density at radius 3 is 2.95 bits per heavy atom. The zero-order valence-electron chi connectivity index (χ0n) is 11.5. The van der Waals surface area contributed by atoms with Gasteiger partial charge in [-0.15, -0.1) is 0 Å². The van der Waals surface area contributed by atoms with Gasteiger partial charge in [0.15, 0.2) is 5.82 Å². The quantitative estimate of drug-likeness (QED) is 0.839. The normalized spacial score (nSPS) is 12.8. The second-order valence-electron chi connectivity index (χ2n) is 4.24. The molecule has 2 aromatic heterocycles. The second kappa shape index (κ2) is 5.94. The number of rotatable bonds is 6. The van der Waals surface area contributed by atoms with Crippen molar-refractivity contribution < 1.29 is 9.26 Å². The number of ether oxygens (including phenoxy) is 1. The predicted octanol–water partition coefficient (Wildman–Crippen LogP) is 1.07. The number of hydrogen-bond acceptors (Lipinski definition) is 6. The summed E-state index contributed by atoms with van der Waals surface area (Å²) < 4.78 is 12.2. The molecule has 0 radical (unpaired) electrons. The molecule has 1 unspecified atom stereocenters. The van der Waals surface area contributed by atoms with Crippen LogP contribution in [-0.4, -0.2) is 33.1 Å². The lowest BCUT2D eigenvalue weighted by atomic mass is 10.2. The van der Waals surface area contributed by atoms with Gasteiger partial charge in [0.2, 0.25) is 0 Å². The maximum Gasteiger partial charge on any atom is 0.261 e. The van der Waals surface area contributed by atoms with Gasteiger partial charge in [0.1, 0.15) is 0 Å². The van der Waals surface area contributed by atoms with Gasteiger partial charge in [-0.1, -0.05) is 12.1 Å². The third-order valence-corrected chi connectivity index (χ3v) is 2.75. The van der Waals surface area contributed by atoms with Crippen molar-refractivity contribution in [2.24, 2.45) is 12.8 Å². The van der Waals surface area contributed by atoms with Crippen LogP contribution in [0.15, 0.2) is 10.7 Å². The maximum absolute atomic E-state index is 5.92. The molecule has 2 N–H and O–H groups in total. The summed E-state index contributed by atoms with van der Waals surface area (Å²) in [5, 5.41) is 8.24. The first-order valence-corrected chi connectivity index (χ1v) is 6.35. The Balaban J connectivity index is 2.20. The van der Waals surface area contributed by atoms with Gasteiger partial charge >= 0.3 is 0 Å². The summed E-state index contributed by atoms with van der Waals surface area (Å²) in [7, 11) is 1.86. The third kappa shape index (κ3) is 2.99. The van der Waals surface area contributed by atoms with Crippen LogP contribution in [0.1, 0.15) is 31.4 Å². The molecule has 7 nitrogen and oxygen atoms in total. The molecular weight excluding hydrogens is 246 g/mol. The highest BCUT2D eigenvalue weighted by Gasteiger charge is 2.18. The van der Waals surface area contributed by atoms with E-state index in [1.165, 1.54) is 0 Å². The van der Waals surface area contributed by atoms with Crippen LogP contribution in [0, 0.1) is 0 Å². The van der Waals surface area contributed by atoms with Crippen LogP contribution < -0.4 is 5.73 Å². The molecule has 0 bridgehead atoms. The summed E-state index contributed by atoms with van der Waals surface area (Å²) in [6, 6.07) is -0.376. The first kappa shape index (κ1) is 13.7. The highest BCUT2D eigenvalue weighted by Crippen LogP contribution is 2.22. The maximum atomic E-state index is 5.92. The minimum Gasteiger partial charge on any atom is -0.380 e. The highest BCUT2D eigenvalue weighted by atomic mass is 16.5. The van der Waals surface area contributed by atoms with Crippen LogP contribution >= 0.6 is 0 Å². The van der Waals surface area contributed by atoms with E-state index in [1.807, 2.05) is 27.1 Å². The Hall–Kier alpha value is -1.73. The summed E-state index contributed by atoms with van der Waals surface area (Å²) in [5.74, 6) is 0.904. The number of nitrogens with two attached hydrogens (primary N) is 1. The average molecular weight is 265 g/mol. The molecule has 0 amide bonds. The lowest BCUT2D eigenvalue weighted by Crippen LogP contribution is -2.18. The molecule has 19 heavy (non-hydrogen) atoms. The topological polar surface area (TPSA) is 92.0 Å². The monoisotopic (exact) mass is 265 g/mol. The third-order valence-electron chi connectivity index (χ3n) is 2.75. The molecule has 2 heterocycles. The molecule has 2 rings (SSSR count). The lowest BCUT2D eigenvalue weighted by Gasteiger charge is -2.05. The summed E-state index contributed by atoms with van der Waals surface area (Å²) >= 11 is 0. The van der Waals surface area contributed by atoms with Crippen molar-refractivity contribution in [2.75, 3.05) is 13.2 Å². The van der Waals surface area contributed by atoms with Gasteiger partial charge < -0.3 is 15.0 Å². The van der Waals surface area contributed by atoms with Gasteiger partial charge in [-0.25, -0.2) is 0 Å². The number of aromatic nitrogens is 4. The van der Waals surface area contributed by atoms with Crippen molar-refractivity contribution in [1.82, 2.24) is 19.9 Å². The minimum atomic E-state index is -0.376. The Morgan fingerprint density at radius 1 is 1.47 bits per heavy atom. The number of nitrogens with zero attached hydrogens (tertiary/aromatic N) is 4. The summed E-state index contributed by atoms with van der Waals surface area (Å²) in [6.07, 6.45) is 2.67. The van der Waals surface area contributed by atoms with E-state index < -0.39 is 0 Å². The van der Waals surface area contributed by atoms with Crippen molar-refractivity contribution in [2.45, 2.75) is 26.3 Å². The van der Waals surface area contributed by atoms with Gasteiger partial charge in [-0.3, -0.25) is 4.68 Å². The van der Waals surface area contributed by atoms with E-state index in [9.17, 15) is 0 Å². The van der Waals surface area contributed by atoms with E-state index in [0.29, 0.717) is 24.9 Å². The van der Waals surface area contributed by atoms with E-state index >= 15 is 0 Å². The van der Waals surface area contributed by atoms with Crippen LogP contribution in [0.2, 0.25) is 0 Å². The smallest absolute Gasteiger partial charge is 0.261 e. The first-order valence-electron chi connectivity index (χ1n) is 6.35. The molecule has 1 atom stereocenters. The fourth-order valence-electron chi connectivity index (χ4n) is 1.79. The molecule has 0 fully saturated rings. The van der Waals surface area contributed by atoms with Gasteiger partial charge in [-0.2, -0.15) is 10.1 Å². The summed E-state index contributed by atoms with van der Waals surface area (Å²) in [5.41, 5.74) is 7.70. The van der Waals surface area contributed by atoms with Gasteiger partial charge in [-0.05, 0) is 13.3 Å². The van der Waals surface area contributed by atoms with Crippen LogP contribution in [0.5, 0.6) is 0 Å². The molecule has 7 heteroatoms. The van der Waals surface area contributed by atoms with Crippen LogP contribution in [0.25, 0.3) is 11.5 Å². The van der Waals surface area contributed by atoms with Crippen molar-refractivity contribution in [3.63, 3.8) is 0 Å². The van der Waals surface area contributed by atoms with E-state index in [0.717, 1.165) is 17.7 Å². The van der Waals surface area contributed by atoms with Gasteiger partial charge in [0.25, 0.3) is 5.89 Å². The van der Waals surface area contributed by atoms with Crippen molar-refractivity contribution >= 4 is 0 Å². The number of aryl methyl sites for hydroxylation is 2. The Morgan fingerprint density at radius 2 is 2.26 bits per heavy atom. The highest BCUT2D eigenvalue weighted by molar-refractivity contribution is 5.55. The SMILES string of the molecule is CCOCC(N)c1noc(-c2cn(C)nc2CC)n1. The molecule has 0 saturated carbocycles. The fourth-order valence-corrected chi connectivity index (χ4v) is 1.79. The summed E-state index contributed by atoms with van der Waals surface area (Å²) in [6.45, 7) is 4.94. The standard InChI is InChI=1S/C12H19N5O2/c1-4-10-8(6-17(3)15-10)12-14-11(16-19-12)9(13)7-18-5-2/h6,9H,4-5,7,13H2,1-3H3. The van der Waals surface area contributed by atoms with Gasteiger partial charge in [0, 0.05) is 19.9 Å². The van der Waals surface area contributed by atoms with E-state index in [-0.39, 0.29) is 6.04 Å². The minimum absolute atomic E-state index is 0.376. The molecule has 0 saturated heterocycles. The zero-order valence-corrected chi connectivity index (χ0v) is 11.5. The van der Waals surface area contributed by atoms with Crippen LogP contribution in [0.4, 0.5) is 0 Å². The van der Waals surface area contributed by atoms with Crippen LogP contribution in [-0.2, 0) is 18.2 Å². The molecular formula is C12H19N5O2. The molecule has 0 aliphatic heterocycles. The van der Waals surface area contributed by atoms with E-state index in [2.05, 4.69) is 15.2 Å². The number of hydrogen-bond donors (Lipinski definition) is 1. The predicted molar refractivity (Wildman–Crippen MR) is 69.3 cm³/mol. The molecule has 0 spiro atoms. The molecule has 0 aliphatic carbocycles. The van der Waals surface area contributed by atoms with Crippen molar-refractivity contribution in [3.8, 4) is 11.5 Å². The molecule has 104 valence electrons. The Labute approximate surface area is 111 Å². The molecule has 0 aromatic carbocycles. The second-order valence-corrected chi connectivity index (χ2v) is 4.24. The Kier molecular flexibility index (Phi) is 4.28. The Bertz CT molecular complexity index is 534. The molecule has 2 aromatic rings.